The number of ether oxygens (including phenoxy) is 1. The van der Waals surface area contributed by atoms with Gasteiger partial charge in [0.05, 0.1) is 19.7 Å². The number of carbonyl (C=O) groups is 2. The van der Waals surface area contributed by atoms with Crippen LogP contribution in [0.2, 0.25) is 0 Å². The molecule has 0 bridgehead atoms. The normalized spacial score (nSPS) is 14.1. The Morgan fingerprint density at radius 2 is 1.85 bits per heavy atom. The maximum atomic E-state index is 13.0. The largest absolute Gasteiger partial charge is 0.542 e. The second kappa shape index (κ2) is 13.7. The number of nitrogens with zero attached hydrogens (tertiary/aromatic N) is 3. The molecule has 1 saturated heterocycles. The summed E-state index contributed by atoms with van der Waals surface area (Å²) in [5, 5.41) is 17.8. The molecule has 1 aliphatic rings. The average Bonchev–Trinajstić information content (AvgIpc) is 3.23. The molecule has 0 radical (unpaired) electrons. The third kappa shape index (κ3) is 7.58. The van der Waals surface area contributed by atoms with Gasteiger partial charge in [0.1, 0.15) is 24.9 Å². The van der Waals surface area contributed by atoms with Gasteiger partial charge in [0.25, 0.3) is 11.7 Å². The molecule has 1 aliphatic heterocycles. The van der Waals surface area contributed by atoms with Crippen LogP contribution in [0, 0.1) is 0 Å². The highest BCUT2D eigenvalue weighted by Crippen LogP contribution is 2.22. The van der Waals surface area contributed by atoms with Gasteiger partial charge in [-0.25, -0.2) is 9.13 Å². The van der Waals surface area contributed by atoms with Gasteiger partial charge in [-0.1, -0.05) is 12.1 Å². The number of carboxylic acids is 1. The Kier molecular flexibility index (Phi) is 10.7. The molecule has 10 nitrogen and oxygen atoms in total. The number of hydrogen-bond acceptors (Lipinski definition) is 7. The number of rotatable bonds is 8. The summed E-state index contributed by atoms with van der Waals surface area (Å²) >= 11 is 0. The van der Waals surface area contributed by atoms with Gasteiger partial charge < -0.3 is 30.4 Å². The van der Waals surface area contributed by atoms with Crippen molar-refractivity contribution in [3.8, 4) is 5.75 Å². The molecular weight excluding hydrogens is 553 g/mol. The molecule has 1 amide bonds. The number of aliphatic hydroxyl groups is 1. The topological polar surface area (TPSA) is 142 Å². The van der Waals surface area contributed by atoms with Crippen LogP contribution in [-0.2, 0) is 35.2 Å². The summed E-state index contributed by atoms with van der Waals surface area (Å²) in [5.74, 6) is -0.244. The lowest BCUT2D eigenvalue weighted by Gasteiger charge is -2.26. The summed E-state index contributed by atoms with van der Waals surface area (Å²) < 4.78 is 53.1. The van der Waals surface area contributed by atoms with Crippen molar-refractivity contribution >= 4 is 33.7 Å². The first kappa shape index (κ1) is 31.0. The molecule has 40 heavy (non-hydrogen) atoms. The fraction of sp³-hybridized carbons (Fsp3) is 0.423. The van der Waals surface area contributed by atoms with Crippen molar-refractivity contribution in [2.75, 3.05) is 37.8 Å². The van der Waals surface area contributed by atoms with E-state index in [0.717, 1.165) is 29.0 Å². The van der Waals surface area contributed by atoms with Gasteiger partial charge in [-0.2, -0.15) is 13.2 Å². The minimum absolute atomic E-state index is 0.0146. The van der Waals surface area contributed by atoms with Gasteiger partial charge >= 0.3 is 6.18 Å². The van der Waals surface area contributed by atoms with Gasteiger partial charge in [-0.3, -0.25) is 9.00 Å². The number of aliphatic hydroxyl groups excluding tert-OH is 1. The molecule has 0 aliphatic carbocycles. The predicted octanol–water partition coefficient (Wildman–Crippen LogP) is 0.330. The number of benzene rings is 2. The molecule has 14 heteroatoms. The molecule has 3 N–H and O–H groups in total. The van der Waals surface area contributed by atoms with E-state index < -0.39 is 22.9 Å². The summed E-state index contributed by atoms with van der Waals surface area (Å²) in [6.45, 7) is 5.07. The van der Waals surface area contributed by atoms with Crippen molar-refractivity contribution < 1.29 is 46.5 Å². The standard InChI is InChI=1S/C24H31N4O4S.C2HF3O2/c1-2-27-22-15-20(32-11-10-29)6-7-21(22)28(23(27)16-25)17-18-4-3-5-19(14-18)24(30)26-8-12-33(31)13-9-26;3-2(4,5)1(6)7/h3-7,14-15,29H,2,8-13,16-17,25H2,1H3;(H,6,7)/q+1;/p-1. The van der Waals surface area contributed by atoms with Crippen molar-refractivity contribution in [2.24, 2.45) is 5.73 Å². The molecule has 3 aromatic rings. The van der Waals surface area contributed by atoms with Crippen molar-refractivity contribution in [1.82, 2.24) is 9.47 Å². The number of carbonyl (C=O) groups excluding carboxylic acids is 2. The Morgan fingerprint density at radius 1 is 1.18 bits per heavy atom. The zero-order chi connectivity index (χ0) is 29.4. The molecule has 0 atom stereocenters. The van der Waals surface area contributed by atoms with Crippen LogP contribution in [-0.4, -0.2) is 74.6 Å². The lowest BCUT2D eigenvalue weighted by Crippen LogP contribution is -2.42. The quantitative estimate of drug-likeness (QED) is 0.364. The number of imidazole rings is 1. The summed E-state index contributed by atoms with van der Waals surface area (Å²) in [6, 6.07) is 13.6. The van der Waals surface area contributed by atoms with Crippen LogP contribution in [0.4, 0.5) is 13.2 Å². The smallest absolute Gasteiger partial charge is 0.430 e. The molecule has 2 aromatic carbocycles. The molecule has 0 saturated carbocycles. The first-order chi connectivity index (χ1) is 19.0. The predicted molar refractivity (Wildman–Crippen MR) is 139 cm³/mol. The molecule has 0 spiro atoms. The van der Waals surface area contributed by atoms with E-state index in [1.165, 1.54) is 0 Å². The van der Waals surface area contributed by atoms with E-state index in [1.807, 2.05) is 42.5 Å². The number of carboxylic acid groups (broad SMARTS) is 1. The van der Waals surface area contributed by atoms with Crippen LogP contribution >= 0.6 is 0 Å². The number of alkyl halides is 3. The second-order valence-corrected chi connectivity index (χ2v) is 10.5. The average molecular weight is 585 g/mol. The third-order valence-corrected chi connectivity index (χ3v) is 7.50. The zero-order valence-corrected chi connectivity index (χ0v) is 22.7. The van der Waals surface area contributed by atoms with E-state index in [-0.39, 0.29) is 19.1 Å². The van der Waals surface area contributed by atoms with Crippen molar-refractivity contribution in [3.05, 3.63) is 59.4 Å². The number of aromatic nitrogens is 2. The van der Waals surface area contributed by atoms with E-state index in [2.05, 4.69) is 16.1 Å². The highest BCUT2D eigenvalue weighted by Gasteiger charge is 2.29. The number of aryl methyl sites for hydroxylation is 1. The lowest BCUT2D eigenvalue weighted by molar-refractivity contribution is -0.671. The minimum Gasteiger partial charge on any atom is -0.542 e. The maximum Gasteiger partial charge on any atom is 0.430 e. The number of hydrogen-bond donors (Lipinski definition) is 2. The number of amides is 1. The maximum absolute atomic E-state index is 13.0. The number of halogens is 3. The van der Waals surface area contributed by atoms with Crippen molar-refractivity contribution in [2.45, 2.75) is 32.7 Å². The van der Waals surface area contributed by atoms with Crippen LogP contribution in [0.3, 0.4) is 0 Å². The van der Waals surface area contributed by atoms with Gasteiger partial charge in [0, 0.05) is 47.0 Å². The monoisotopic (exact) mass is 584 g/mol. The summed E-state index contributed by atoms with van der Waals surface area (Å²) in [4.78, 5) is 23.6. The third-order valence-electron chi connectivity index (χ3n) is 6.22. The Morgan fingerprint density at radius 3 is 2.42 bits per heavy atom. The molecule has 0 unspecified atom stereocenters. The fourth-order valence-electron chi connectivity index (χ4n) is 4.38. The van der Waals surface area contributed by atoms with Gasteiger partial charge in [0.2, 0.25) is 0 Å². The van der Waals surface area contributed by atoms with Crippen LogP contribution in [0.25, 0.3) is 11.0 Å². The second-order valence-electron chi connectivity index (χ2n) is 8.80. The Bertz CT molecular complexity index is 1370. The first-order valence-electron chi connectivity index (χ1n) is 12.5. The Labute approximate surface area is 231 Å². The van der Waals surface area contributed by atoms with E-state index in [1.54, 1.807) is 4.90 Å². The molecule has 1 fully saturated rings. The molecule has 4 rings (SSSR count). The molecule has 1 aromatic heterocycles. The number of nitrogens with two attached hydrogens (primary N) is 1. The van der Waals surface area contributed by atoms with Crippen LogP contribution in [0.5, 0.6) is 5.75 Å². The van der Waals surface area contributed by atoms with Crippen molar-refractivity contribution in [1.29, 1.82) is 0 Å². The van der Waals surface area contributed by atoms with Gasteiger partial charge in [-0.05, 0) is 36.8 Å². The van der Waals surface area contributed by atoms with E-state index in [4.69, 9.17) is 25.5 Å². The molecular formula is C26H31F3N4O6S. The van der Waals surface area contributed by atoms with Crippen LogP contribution in [0.15, 0.2) is 42.5 Å². The van der Waals surface area contributed by atoms with Crippen molar-refractivity contribution in [3.63, 3.8) is 0 Å². The number of fused-ring (bicyclic) bond motifs is 1. The molecule has 218 valence electrons. The highest BCUT2D eigenvalue weighted by molar-refractivity contribution is 7.85. The van der Waals surface area contributed by atoms with Crippen LogP contribution in [0.1, 0.15) is 28.7 Å². The summed E-state index contributed by atoms with van der Waals surface area (Å²) in [7, 11) is -0.817. The summed E-state index contributed by atoms with van der Waals surface area (Å²) in [5.41, 5.74) is 9.86. The Balaban J connectivity index is 0.000000559. The van der Waals surface area contributed by atoms with E-state index in [9.17, 15) is 22.2 Å². The molecule has 2 heterocycles. The first-order valence-corrected chi connectivity index (χ1v) is 14.0. The fourth-order valence-corrected chi connectivity index (χ4v) is 5.44. The summed E-state index contributed by atoms with van der Waals surface area (Å²) in [6.07, 6.45) is -5.19. The van der Waals surface area contributed by atoms with Crippen LogP contribution < -0.4 is 20.1 Å². The Hall–Kier alpha value is -3.49. The minimum atomic E-state index is -5.19. The SMILES string of the molecule is CCn1c(CN)[n+](Cc2cccc(C(=O)N3CCS(=O)CC3)c2)c2ccc(OCCO)cc21.O=C([O-])C(F)(F)F. The van der Waals surface area contributed by atoms with E-state index in [0.29, 0.717) is 49.0 Å². The van der Waals surface area contributed by atoms with Gasteiger partial charge in [-0.15, -0.1) is 0 Å². The highest BCUT2D eigenvalue weighted by atomic mass is 32.2. The lowest BCUT2D eigenvalue weighted by atomic mass is 10.1. The number of aliphatic carboxylic acids is 1. The van der Waals surface area contributed by atoms with E-state index >= 15 is 0 Å². The zero-order valence-electron chi connectivity index (χ0n) is 21.9. The van der Waals surface area contributed by atoms with Gasteiger partial charge in [0.15, 0.2) is 11.0 Å².